The Labute approximate surface area is 161 Å². The number of para-hydroxylation sites is 1. The Hall–Kier alpha value is -2.38. The molecule has 1 aromatic carbocycles. The van der Waals surface area contributed by atoms with Gasteiger partial charge in [-0.15, -0.1) is 12.4 Å². The Morgan fingerprint density at radius 1 is 1.26 bits per heavy atom. The molecule has 2 aromatic heterocycles. The molecule has 142 valence electrons. The molecule has 27 heavy (non-hydrogen) atoms. The third-order valence-electron chi connectivity index (χ3n) is 5.92. The van der Waals surface area contributed by atoms with E-state index in [1.54, 1.807) is 6.07 Å². The van der Waals surface area contributed by atoms with Gasteiger partial charge in [0.1, 0.15) is 17.6 Å². The van der Waals surface area contributed by atoms with Crippen LogP contribution in [0, 0.1) is 11.8 Å². The van der Waals surface area contributed by atoms with Gasteiger partial charge in [-0.3, -0.25) is 14.2 Å². The molecule has 7 nitrogen and oxygen atoms in total. The van der Waals surface area contributed by atoms with Gasteiger partial charge in [-0.05, 0) is 36.8 Å². The predicted octanol–water partition coefficient (Wildman–Crippen LogP) is 1.76. The number of carbonyl (C=O) groups is 1. The second-order valence-electron chi connectivity index (χ2n) is 7.42. The number of fused-ring (bicyclic) bond motifs is 4. The summed E-state index contributed by atoms with van der Waals surface area (Å²) in [5.41, 5.74) is 7.18. The lowest BCUT2D eigenvalue weighted by Gasteiger charge is -2.19. The SMILES string of the molecule is Cl.NC1CCC2CN(C(=O)Cn3cnc4c(oc5ccccc54)c3=O)CC12. The number of carbonyl (C=O) groups excluding carboxylic acids is 1. The maximum absolute atomic E-state index is 12.7. The fourth-order valence-corrected chi connectivity index (χ4v) is 4.48. The summed E-state index contributed by atoms with van der Waals surface area (Å²) in [5.74, 6) is 0.833. The summed E-state index contributed by atoms with van der Waals surface area (Å²) in [5, 5.41) is 0.805. The first-order valence-electron chi connectivity index (χ1n) is 9.02. The number of aromatic nitrogens is 2. The lowest BCUT2D eigenvalue weighted by atomic mass is 9.98. The number of likely N-dealkylation sites (tertiary alicyclic amines) is 1. The lowest BCUT2D eigenvalue weighted by molar-refractivity contribution is -0.131. The molecule has 1 amide bonds. The summed E-state index contributed by atoms with van der Waals surface area (Å²) in [7, 11) is 0. The van der Waals surface area contributed by atoms with Crippen LogP contribution in [0.2, 0.25) is 0 Å². The summed E-state index contributed by atoms with van der Waals surface area (Å²) >= 11 is 0. The van der Waals surface area contributed by atoms with E-state index in [9.17, 15) is 9.59 Å². The molecule has 1 saturated carbocycles. The minimum absolute atomic E-state index is 0. The molecule has 3 aromatic rings. The monoisotopic (exact) mass is 388 g/mol. The van der Waals surface area contributed by atoms with Crippen molar-refractivity contribution in [3.63, 3.8) is 0 Å². The van der Waals surface area contributed by atoms with Gasteiger partial charge in [0, 0.05) is 24.5 Å². The predicted molar refractivity (Wildman–Crippen MR) is 104 cm³/mol. The van der Waals surface area contributed by atoms with Crippen LogP contribution in [0.15, 0.2) is 39.8 Å². The van der Waals surface area contributed by atoms with Crippen molar-refractivity contribution >= 4 is 40.4 Å². The molecule has 3 atom stereocenters. The summed E-state index contributed by atoms with van der Waals surface area (Å²) in [6.07, 6.45) is 3.57. The molecule has 2 aliphatic rings. The molecule has 3 heterocycles. The van der Waals surface area contributed by atoms with E-state index in [0.717, 1.165) is 24.8 Å². The number of halogens is 1. The number of benzene rings is 1. The van der Waals surface area contributed by atoms with Gasteiger partial charge in [0.2, 0.25) is 11.5 Å². The minimum Gasteiger partial charge on any atom is -0.448 e. The van der Waals surface area contributed by atoms with Gasteiger partial charge in [0.05, 0.1) is 6.33 Å². The number of hydrogen-bond donors (Lipinski definition) is 1. The zero-order chi connectivity index (χ0) is 17.8. The Bertz CT molecular complexity index is 1080. The van der Waals surface area contributed by atoms with Crippen LogP contribution in [-0.2, 0) is 11.3 Å². The quantitative estimate of drug-likeness (QED) is 0.721. The minimum atomic E-state index is -0.323. The van der Waals surface area contributed by atoms with E-state index in [0.29, 0.717) is 29.5 Å². The molecule has 5 rings (SSSR count). The zero-order valence-electron chi connectivity index (χ0n) is 14.7. The first-order chi connectivity index (χ1) is 12.6. The van der Waals surface area contributed by atoms with E-state index in [2.05, 4.69) is 4.98 Å². The Balaban J connectivity index is 0.00000180. The third-order valence-corrected chi connectivity index (χ3v) is 5.92. The van der Waals surface area contributed by atoms with Crippen LogP contribution in [0.3, 0.4) is 0 Å². The largest absolute Gasteiger partial charge is 0.448 e. The maximum atomic E-state index is 12.7. The fourth-order valence-electron chi connectivity index (χ4n) is 4.48. The molecule has 8 heteroatoms. The van der Waals surface area contributed by atoms with E-state index in [-0.39, 0.29) is 42.0 Å². The fraction of sp³-hybridized carbons (Fsp3) is 0.421. The molecule has 1 aliphatic carbocycles. The first kappa shape index (κ1) is 18.0. The van der Waals surface area contributed by atoms with Crippen molar-refractivity contribution in [1.82, 2.24) is 14.5 Å². The van der Waals surface area contributed by atoms with E-state index >= 15 is 0 Å². The molecule has 0 bridgehead atoms. The van der Waals surface area contributed by atoms with Gasteiger partial charge in [-0.2, -0.15) is 0 Å². The van der Waals surface area contributed by atoms with Crippen LogP contribution in [-0.4, -0.2) is 39.5 Å². The lowest BCUT2D eigenvalue weighted by Crippen LogP contribution is -2.37. The Kier molecular flexibility index (Phi) is 4.44. The van der Waals surface area contributed by atoms with Crippen molar-refractivity contribution < 1.29 is 9.21 Å². The molecular formula is C19H21ClN4O3. The van der Waals surface area contributed by atoms with Crippen molar-refractivity contribution in [3.05, 3.63) is 40.9 Å². The van der Waals surface area contributed by atoms with Crippen LogP contribution in [0.4, 0.5) is 0 Å². The molecule has 0 spiro atoms. The maximum Gasteiger partial charge on any atom is 0.297 e. The summed E-state index contributed by atoms with van der Waals surface area (Å²) < 4.78 is 7.00. The summed E-state index contributed by atoms with van der Waals surface area (Å²) in [6.45, 7) is 1.42. The Morgan fingerprint density at radius 3 is 2.89 bits per heavy atom. The highest BCUT2D eigenvalue weighted by molar-refractivity contribution is 6.01. The first-order valence-corrected chi connectivity index (χ1v) is 9.02. The van der Waals surface area contributed by atoms with Crippen LogP contribution in [0.5, 0.6) is 0 Å². The topological polar surface area (TPSA) is 94.4 Å². The standard InChI is InChI=1S/C19H20N4O3.ClH/c20-14-6-5-11-7-22(8-13(11)14)16(24)9-23-10-21-17-12-3-1-2-4-15(12)26-18(17)19(23)25;/h1-4,10-11,13-14H,5-9,20H2;1H. The number of furan rings is 1. The number of hydrogen-bond acceptors (Lipinski definition) is 5. The van der Waals surface area contributed by atoms with Gasteiger partial charge in [0.25, 0.3) is 5.56 Å². The summed E-state index contributed by atoms with van der Waals surface area (Å²) in [6, 6.07) is 7.59. The van der Waals surface area contributed by atoms with Crippen molar-refractivity contribution in [2.75, 3.05) is 13.1 Å². The number of rotatable bonds is 2. The second-order valence-corrected chi connectivity index (χ2v) is 7.42. The van der Waals surface area contributed by atoms with E-state index in [1.807, 2.05) is 23.1 Å². The molecule has 0 radical (unpaired) electrons. The highest BCUT2D eigenvalue weighted by atomic mass is 35.5. The number of amides is 1. The highest BCUT2D eigenvalue weighted by Gasteiger charge is 2.42. The van der Waals surface area contributed by atoms with Gasteiger partial charge >= 0.3 is 0 Å². The van der Waals surface area contributed by atoms with Gasteiger partial charge in [0.15, 0.2) is 0 Å². The molecule has 1 saturated heterocycles. The molecular weight excluding hydrogens is 368 g/mol. The third kappa shape index (κ3) is 2.82. The smallest absolute Gasteiger partial charge is 0.297 e. The number of nitrogens with two attached hydrogens (primary N) is 1. The average molecular weight is 389 g/mol. The molecule has 3 unspecified atom stereocenters. The van der Waals surface area contributed by atoms with Crippen molar-refractivity contribution in [2.45, 2.75) is 25.4 Å². The zero-order valence-corrected chi connectivity index (χ0v) is 15.5. The van der Waals surface area contributed by atoms with Crippen molar-refractivity contribution in [3.8, 4) is 0 Å². The number of nitrogens with zero attached hydrogens (tertiary/aromatic N) is 3. The van der Waals surface area contributed by atoms with Crippen LogP contribution in [0.25, 0.3) is 22.1 Å². The average Bonchev–Trinajstić information content (AvgIpc) is 3.32. The van der Waals surface area contributed by atoms with Crippen LogP contribution < -0.4 is 11.3 Å². The highest BCUT2D eigenvalue weighted by Crippen LogP contribution is 2.37. The van der Waals surface area contributed by atoms with Crippen LogP contribution >= 0.6 is 12.4 Å². The summed E-state index contributed by atoms with van der Waals surface area (Å²) in [4.78, 5) is 31.6. The second kappa shape index (κ2) is 6.65. The van der Waals surface area contributed by atoms with Crippen LogP contribution in [0.1, 0.15) is 12.8 Å². The van der Waals surface area contributed by atoms with Crippen molar-refractivity contribution in [1.29, 1.82) is 0 Å². The van der Waals surface area contributed by atoms with E-state index in [4.69, 9.17) is 10.2 Å². The van der Waals surface area contributed by atoms with E-state index in [1.165, 1.54) is 10.9 Å². The molecule has 2 N–H and O–H groups in total. The van der Waals surface area contributed by atoms with Crippen molar-refractivity contribution in [2.24, 2.45) is 17.6 Å². The van der Waals surface area contributed by atoms with Gasteiger partial charge in [-0.25, -0.2) is 4.98 Å². The van der Waals surface area contributed by atoms with E-state index < -0.39 is 0 Å². The molecule has 2 fully saturated rings. The van der Waals surface area contributed by atoms with Gasteiger partial charge < -0.3 is 15.1 Å². The Morgan fingerprint density at radius 2 is 2.07 bits per heavy atom. The molecule has 1 aliphatic heterocycles. The normalized spacial score (nSPS) is 24.3. The van der Waals surface area contributed by atoms with Gasteiger partial charge in [-0.1, -0.05) is 12.1 Å².